The van der Waals surface area contributed by atoms with Crippen LogP contribution in [0.15, 0.2) is 34.3 Å². The molecule has 1 unspecified atom stereocenters. The lowest BCUT2D eigenvalue weighted by atomic mass is 10.1. The Morgan fingerprint density at radius 3 is 2.96 bits per heavy atom. The molecule has 0 saturated carbocycles. The van der Waals surface area contributed by atoms with Crippen molar-refractivity contribution >= 4 is 51.5 Å². The van der Waals surface area contributed by atoms with Crippen LogP contribution in [0, 0.1) is 0 Å². The molecule has 3 aromatic heterocycles. The predicted octanol–water partition coefficient (Wildman–Crippen LogP) is 5.56. The van der Waals surface area contributed by atoms with E-state index in [9.17, 15) is 4.79 Å². The first-order valence-electron chi connectivity index (χ1n) is 7.26. The summed E-state index contributed by atoms with van der Waals surface area (Å²) in [7, 11) is 0. The zero-order valence-electron chi connectivity index (χ0n) is 12.1. The Labute approximate surface area is 151 Å². The maximum Gasteiger partial charge on any atom is 0.273 e. The van der Waals surface area contributed by atoms with Crippen molar-refractivity contribution in [2.75, 3.05) is 6.54 Å². The highest BCUT2D eigenvalue weighted by Gasteiger charge is 2.32. The fourth-order valence-corrected chi connectivity index (χ4v) is 5.50. The van der Waals surface area contributed by atoms with Crippen LogP contribution in [0.5, 0.6) is 0 Å². The van der Waals surface area contributed by atoms with Crippen LogP contribution < -0.4 is 0 Å². The molecule has 1 aliphatic heterocycles. The SMILES string of the molecule is O=C(c1csc(-c2ccc(Cl)s2)n1)N1CCCC1c1ccsc1. The van der Waals surface area contributed by atoms with Crippen molar-refractivity contribution in [2.45, 2.75) is 18.9 Å². The van der Waals surface area contributed by atoms with Crippen LogP contribution in [0.4, 0.5) is 0 Å². The number of carbonyl (C=O) groups excluding carboxylic acids is 1. The van der Waals surface area contributed by atoms with Gasteiger partial charge in [0.05, 0.1) is 15.3 Å². The van der Waals surface area contributed by atoms with E-state index in [-0.39, 0.29) is 11.9 Å². The molecule has 0 aromatic carbocycles. The van der Waals surface area contributed by atoms with Gasteiger partial charge < -0.3 is 4.90 Å². The molecule has 3 aromatic rings. The van der Waals surface area contributed by atoms with E-state index in [1.807, 2.05) is 22.4 Å². The lowest BCUT2D eigenvalue weighted by molar-refractivity contribution is 0.0731. The van der Waals surface area contributed by atoms with E-state index in [4.69, 9.17) is 11.6 Å². The zero-order chi connectivity index (χ0) is 15.8. The third-order valence-electron chi connectivity index (χ3n) is 3.95. The summed E-state index contributed by atoms with van der Waals surface area (Å²) in [5, 5.41) is 6.92. The second kappa shape index (κ2) is 6.36. The van der Waals surface area contributed by atoms with Crippen molar-refractivity contribution in [1.82, 2.24) is 9.88 Å². The maximum absolute atomic E-state index is 12.9. The van der Waals surface area contributed by atoms with Crippen molar-refractivity contribution in [3.63, 3.8) is 0 Å². The van der Waals surface area contributed by atoms with Gasteiger partial charge >= 0.3 is 0 Å². The van der Waals surface area contributed by atoms with Crippen molar-refractivity contribution in [2.24, 2.45) is 0 Å². The number of hydrogen-bond donors (Lipinski definition) is 0. The Morgan fingerprint density at radius 1 is 1.30 bits per heavy atom. The number of thiazole rings is 1. The van der Waals surface area contributed by atoms with Gasteiger partial charge in [0, 0.05) is 11.9 Å². The fraction of sp³-hybridized carbons (Fsp3) is 0.250. The molecule has 0 spiro atoms. The number of hydrogen-bond acceptors (Lipinski definition) is 5. The van der Waals surface area contributed by atoms with E-state index >= 15 is 0 Å². The first-order valence-corrected chi connectivity index (χ1v) is 10.3. The number of aromatic nitrogens is 1. The van der Waals surface area contributed by atoms with Gasteiger partial charge in [-0.15, -0.1) is 22.7 Å². The Balaban J connectivity index is 1.58. The molecule has 3 nitrogen and oxygen atoms in total. The van der Waals surface area contributed by atoms with Crippen molar-refractivity contribution < 1.29 is 4.79 Å². The van der Waals surface area contributed by atoms with Gasteiger partial charge in [0.15, 0.2) is 0 Å². The number of carbonyl (C=O) groups is 1. The third kappa shape index (κ3) is 2.96. The number of nitrogens with zero attached hydrogens (tertiary/aromatic N) is 2. The average Bonchev–Trinajstić information content (AvgIpc) is 3.31. The van der Waals surface area contributed by atoms with Crippen LogP contribution >= 0.6 is 45.6 Å². The summed E-state index contributed by atoms with van der Waals surface area (Å²) >= 11 is 10.6. The van der Waals surface area contributed by atoms with E-state index in [0.29, 0.717) is 5.69 Å². The van der Waals surface area contributed by atoms with E-state index in [0.717, 1.165) is 33.6 Å². The van der Waals surface area contributed by atoms with Gasteiger partial charge in [-0.05, 0) is 47.4 Å². The van der Waals surface area contributed by atoms with Gasteiger partial charge in [0.25, 0.3) is 5.91 Å². The standard InChI is InChI=1S/C16H13ClN2OS3/c17-14-4-3-13(23-14)15-18-11(9-22-15)16(20)19-6-1-2-12(19)10-5-7-21-8-10/h3-5,7-9,12H,1-2,6H2. The van der Waals surface area contributed by atoms with Crippen molar-refractivity contribution in [3.05, 3.63) is 49.9 Å². The molecule has 1 aliphatic rings. The lowest BCUT2D eigenvalue weighted by Gasteiger charge is -2.23. The van der Waals surface area contributed by atoms with Crippen LogP contribution in [-0.2, 0) is 0 Å². The van der Waals surface area contributed by atoms with Crippen LogP contribution in [0.1, 0.15) is 34.9 Å². The molecule has 4 rings (SSSR count). The minimum absolute atomic E-state index is 0.0313. The molecule has 7 heteroatoms. The van der Waals surface area contributed by atoms with E-state index in [2.05, 4.69) is 21.8 Å². The normalized spacial score (nSPS) is 17.8. The summed E-state index contributed by atoms with van der Waals surface area (Å²) in [6.07, 6.45) is 2.07. The molecule has 1 saturated heterocycles. The molecule has 0 N–H and O–H groups in total. The molecule has 4 heterocycles. The highest BCUT2D eigenvalue weighted by Crippen LogP contribution is 2.36. The Bertz CT molecular complexity index is 824. The largest absolute Gasteiger partial charge is 0.330 e. The molecule has 118 valence electrons. The monoisotopic (exact) mass is 380 g/mol. The van der Waals surface area contributed by atoms with Crippen molar-refractivity contribution in [1.29, 1.82) is 0 Å². The molecule has 0 aliphatic carbocycles. The molecular formula is C16H13ClN2OS3. The molecule has 23 heavy (non-hydrogen) atoms. The Hall–Kier alpha value is -1.21. The van der Waals surface area contributed by atoms with Gasteiger partial charge in [-0.2, -0.15) is 11.3 Å². The Morgan fingerprint density at radius 2 is 2.22 bits per heavy atom. The van der Waals surface area contributed by atoms with Gasteiger partial charge in [-0.1, -0.05) is 11.6 Å². The number of thiophene rings is 2. The molecule has 0 bridgehead atoms. The number of amides is 1. The fourth-order valence-electron chi connectivity index (χ4n) is 2.88. The predicted molar refractivity (Wildman–Crippen MR) is 97.8 cm³/mol. The second-order valence-electron chi connectivity index (χ2n) is 5.35. The van der Waals surface area contributed by atoms with Gasteiger partial charge in [-0.25, -0.2) is 4.98 Å². The summed E-state index contributed by atoms with van der Waals surface area (Å²) in [5.74, 6) is 0.0313. The van der Waals surface area contributed by atoms with E-state index in [1.165, 1.54) is 28.2 Å². The topological polar surface area (TPSA) is 33.2 Å². The van der Waals surface area contributed by atoms with Gasteiger partial charge in [0.1, 0.15) is 10.7 Å². The summed E-state index contributed by atoms with van der Waals surface area (Å²) in [6, 6.07) is 6.11. The minimum atomic E-state index is 0.0313. The first kappa shape index (κ1) is 15.3. The van der Waals surface area contributed by atoms with Crippen LogP contribution in [0.3, 0.4) is 0 Å². The number of rotatable bonds is 3. The second-order valence-corrected chi connectivity index (χ2v) is 8.71. The van der Waals surface area contributed by atoms with Crippen molar-refractivity contribution in [3.8, 4) is 9.88 Å². The van der Waals surface area contributed by atoms with Gasteiger partial charge in [0.2, 0.25) is 0 Å². The van der Waals surface area contributed by atoms with Crippen LogP contribution in [0.2, 0.25) is 4.34 Å². The van der Waals surface area contributed by atoms with E-state index < -0.39 is 0 Å². The molecular weight excluding hydrogens is 368 g/mol. The highest BCUT2D eigenvalue weighted by molar-refractivity contribution is 7.23. The summed E-state index contributed by atoms with van der Waals surface area (Å²) < 4.78 is 0.736. The quantitative estimate of drug-likeness (QED) is 0.595. The lowest BCUT2D eigenvalue weighted by Crippen LogP contribution is -2.30. The molecule has 0 radical (unpaired) electrons. The summed E-state index contributed by atoms with van der Waals surface area (Å²) in [6.45, 7) is 0.803. The number of halogens is 1. The molecule has 1 fully saturated rings. The Kier molecular flexibility index (Phi) is 4.24. The summed E-state index contributed by atoms with van der Waals surface area (Å²) in [4.78, 5) is 20.4. The van der Waals surface area contributed by atoms with Crippen LogP contribution in [-0.4, -0.2) is 22.3 Å². The zero-order valence-corrected chi connectivity index (χ0v) is 15.3. The van der Waals surface area contributed by atoms with E-state index in [1.54, 1.807) is 11.3 Å². The molecule has 1 amide bonds. The highest BCUT2D eigenvalue weighted by atomic mass is 35.5. The average molecular weight is 381 g/mol. The maximum atomic E-state index is 12.9. The minimum Gasteiger partial charge on any atom is -0.330 e. The molecule has 1 atom stereocenters. The van der Waals surface area contributed by atoms with Gasteiger partial charge in [-0.3, -0.25) is 4.79 Å². The van der Waals surface area contributed by atoms with Crippen LogP contribution in [0.25, 0.3) is 9.88 Å². The summed E-state index contributed by atoms with van der Waals surface area (Å²) in [5.41, 5.74) is 1.78. The smallest absolute Gasteiger partial charge is 0.273 e. The third-order valence-corrected chi connectivity index (χ3v) is 6.89. The first-order chi connectivity index (χ1) is 11.2. The number of likely N-dealkylation sites (tertiary alicyclic amines) is 1.